The number of hydroxylamine groups is 1. The summed E-state index contributed by atoms with van der Waals surface area (Å²) < 4.78 is 0. The second kappa shape index (κ2) is 3.72. The van der Waals surface area contributed by atoms with Crippen LogP contribution in [0.15, 0.2) is 0 Å². The van der Waals surface area contributed by atoms with Crippen molar-refractivity contribution in [2.24, 2.45) is 5.92 Å². The van der Waals surface area contributed by atoms with Crippen molar-refractivity contribution >= 4 is 5.91 Å². The SMILES string of the molecule is CC(C)C(=O)NOC(C)(C)C. The number of rotatable bonds is 2. The highest BCUT2D eigenvalue weighted by atomic mass is 16.7. The Hall–Kier alpha value is -0.570. The van der Waals surface area contributed by atoms with Crippen molar-refractivity contribution in [3.05, 3.63) is 0 Å². The molecule has 66 valence electrons. The van der Waals surface area contributed by atoms with Crippen LogP contribution in [0.4, 0.5) is 0 Å². The first kappa shape index (κ1) is 10.4. The van der Waals surface area contributed by atoms with Gasteiger partial charge >= 0.3 is 0 Å². The normalized spacial score (nSPS) is 11.8. The van der Waals surface area contributed by atoms with Crippen LogP contribution >= 0.6 is 0 Å². The van der Waals surface area contributed by atoms with Gasteiger partial charge in [0.05, 0.1) is 5.60 Å². The molecule has 0 aromatic heterocycles. The molecule has 0 unspecified atom stereocenters. The maximum Gasteiger partial charge on any atom is 0.246 e. The van der Waals surface area contributed by atoms with Crippen LogP contribution in [-0.2, 0) is 9.63 Å². The first-order valence-corrected chi connectivity index (χ1v) is 3.81. The molecule has 0 aliphatic carbocycles. The van der Waals surface area contributed by atoms with Gasteiger partial charge in [-0.25, -0.2) is 5.48 Å². The van der Waals surface area contributed by atoms with E-state index in [1.807, 2.05) is 34.6 Å². The van der Waals surface area contributed by atoms with Crippen LogP contribution in [0.25, 0.3) is 0 Å². The summed E-state index contributed by atoms with van der Waals surface area (Å²) in [6.07, 6.45) is 0. The number of carbonyl (C=O) groups is 1. The molecule has 0 saturated carbocycles. The van der Waals surface area contributed by atoms with Crippen LogP contribution in [0.2, 0.25) is 0 Å². The second-order valence-electron chi connectivity index (χ2n) is 3.84. The van der Waals surface area contributed by atoms with Gasteiger partial charge < -0.3 is 0 Å². The van der Waals surface area contributed by atoms with Crippen LogP contribution in [-0.4, -0.2) is 11.5 Å². The van der Waals surface area contributed by atoms with Crippen molar-refractivity contribution < 1.29 is 9.63 Å². The van der Waals surface area contributed by atoms with Crippen LogP contribution in [0.5, 0.6) is 0 Å². The van der Waals surface area contributed by atoms with Gasteiger partial charge in [0.15, 0.2) is 0 Å². The summed E-state index contributed by atoms with van der Waals surface area (Å²) in [6.45, 7) is 9.29. The Morgan fingerprint density at radius 2 is 1.82 bits per heavy atom. The van der Waals surface area contributed by atoms with E-state index >= 15 is 0 Å². The van der Waals surface area contributed by atoms with Gasteiger partial charge in [-0.15, -0.1) is 0 Å². The highest BCUT2D eigenvalue weighted by Gasteiger charge is 2.14. The monoisotopic (exact) mass is 159 g/mol. The van der Waals surface area contributed by atoms with E-state index in [-0.39, 0.29) is 17.4 Å². The lowest BCUT2D eigenvalue weighted by atomic mass is 10.2. The fourth-order valence-electron chi connectivity index (χ4n) is 0.321. The van der Waals surface area contributed by atoms with E-state index in [4.69, 9.17) is 4.84 Å². The molecule has 0 bridgehead atoms. The first-order chi connectivity index (χ1) is 4.83. The van der Waals surface area contributed by atoms with Gasteiger partial charge in [-0.2, -0.15) is 0 Å². The molecule has 0 spiro atoms. The highest BCUT2D eigenvalue weighted by Crippen LogP contribution is 2.04. The van der Waals surface area contributed by atoms with E-state index in [9.17, 15) is 4.79 Å². The number of nitrogens with one attached hydrogen (secondary N) is 1. The summed E-state index contributed by atoms with van der Waals surface area (Å²) >= 11 is 0. The Balaban J connectivity index is 3.64. The third-order valence-corrected chi connectivity index (χ3v) is 0.982. The maximum atomic E-state index is 11.0. The van der Waals surface area contributed by atoms with Crippen LogP contribution in [0, 0.1) is 5.92 Å². The number of hydrogen-bond acceptors (Lipinski definition) is 2. The van der Waals surface area contributed by atoms with Gasteiger partial charge in [0, 0.05) is 5.92 Å². The van der Waals surface area contributed by atoms with Gasteiger partial charge in [-0.1, -0.05) is 13.8 Å². The van der Waals surface area contributed by atoms with E-state index in [0.29, 0.717) is 0 Å². The van der Waals surface area contributed by atoms with Crippen LogP contribution < -0.4 is 5.48 Å². The molecule has 0 aromatic carbocycles. The summed E-state index contributed by atoms with van der Waals surface area (Å²) in [5.74, 6) is -0.114. The van der Waals surface area contributed by atoms with Gasteiger partial charge in [0.1, 0.15) is 0 Å². The molecule has 11 heavy (non-hydrogen) atoms. The smallest absolute Gasteiger partial charge is 0.246 e. The predicted molar refractivity (Wildman–Crippen MR) is 43.8 cm³/mol. The van der Waals surface area contributed by atoms with E-state index in [1.54, 1.807) is 0 Å². The molecule has 0 aliphatic rings. The molecule has 0 aromatic rings. The summed E-state index contributed by atoms with van der Waals surface area (Å²) in [4.78, 5) is 16.0. The molecule has 0 saturated heterocycles. The Kier molecular flexibility index (Phi) is 3.52. The summed E-state index contributed by atoms with van der Waals surface area (Å²) in [7, 11) is 0. The van der Waals surface area contributed by atoms with Crippen molar-refractivity contribution in [1.29, 1.82) is 0 Å². The Morgan fingerprint density at radius 1 is 1.36 bits per heavy atom. The molecular weight excluding hydrogens is 142 g/mol. The van der Waals surface area contributed by atoms with Crippen molar-refractivity contribution in [3.63, 3.8) is 0 Å². The third-order valence-electron chi connectivity index (χ3n) is 0.982. The van der Waals surface area contributed by atoms with Gasteiger partial charge in [-0.05, 0) is 20.8 Å². The molecule has 0 atom stereocenters. The average Bonchev–Trinajstić information content (AvgIpc) is 1.80. The molecule has 3 heteroatoms. The molecule has 0 fully saturated rings. The van der Waals surface area contributed by atoms with Gasteiger partial charge in [-0.3, -0.25) is 9.63 Å². The molecular formula is C8H17NO2. The minimum absolute atomic E-state index is 0.0302. The maximum absolute atomic E-state index is 11.0. The Bertz CT molecular complexity index is 136. The molecule has 0 rings (SSSR count). The van der Waals surface area contributed by atoms with Gasteiger partial charge in [0.2, 0.25) is 5.91 Å². The zero-order chi connectivity index (χ0) is 9.07. The minimum Gasteiger partial charge on any atom is -0.273 e. The Labute approximate surface area is 68.1 Å². The van der Waals surface area contributed by atoms with E-state index < -0.39 is 0 Å². The number of hydrogen-bond donors (Lipinski definition) is 1. The van der Waals surface area contributed by atoms with Crippen molar-refractivity contribution in [3.8, 4) is 0 Å². The average molecular weight is 159 g/mol. The third kappa shape index (κ3) is 5.85. The Morgan fingerprint density at radius 3 is 2.09 bits per heavy atom. The standard InChI is InChI=1S/C8H17NO2/c1-6(2)7(10)9-11-8(3,4)5/h6H,1-5H3,(H,9,10). The topological polar surface area (TPSA) is 38.3 Å². The quantitative estimate of drug-likeness (QED) is 0.620. The highest BCUT2D eigenvalue weighted by molar-refractivity contribution is 5.76. The summed E-state index contributed by atoms with van der Waals surface area (Å²) in [6, 6.07) is 0. The molecule has 0 aliphatic heterocycles. The first-order valence-electron chi connectivity index (χ1n) is 3.81. The fourth-order valence-corrected chi connectivity index (χ4v) is 0.321. The van der Waals surface area contributed by atoms with E-state index in [1.165, 1.54) is 0 Å². The zero-order valence-corrected chi connectivity index (χ0v) is 7.89. The van der Waals surface area contributed by atoms with Crippen molar-refractivity contribution in [2.45, 2.75) is 40.2 Å². The number of carbonyl (C=O) groups excluding carboxylic acids is 1. The van der Waals surface area contributed by atoms with Crippen LogP contribution in [0.1, 0.15) is 34.6 Å². The van der Waals surface area contributed by atoms with Crippen LogP contribution in [0.3, 0.4) is 0 Å². The molecule has 1 amide bonds. The lowest BCUT2D eigenvalue weighted by Gasteiger charge is -2.19. The summed E-state index contributed by atoms with van der Waals surface area (Å²) in [5, 5.41) is 0. The van der Waals surface area contributed by atoms with Crippen molar-refractivity contribution in [1.82, 2.24) is 5.48 Å². The molecule has 0 radical (unpaired) electrons. The fraction of sp³-hybridized carbons (Fsp3) is 0.875. The van der Waals surface area contributed by atoms with E-state index in [0.717, 1.165) is 0 Å². The lowest BCUT2D eigenvalue weighted by molar-refractivity contribution is -0.148. The minimum atomic E-state index is -0.315. The molecule has 0 heterocycles. The predicted octanol–water partition coefficient (Wildman–Crippen LogP) is 1.49. The number of amides is 1. The van der Waals surface area contributed by atoms with E-state index in [2.05, 4.69) is 5.48 Å². The zero-order valence-electron chi connectivity index (χ0n) is 7.89. The lowest BCUT2D eigenvalue weighted by Crippen LogP contribution is -2.35. The second-order valence-corrected chi connectivity index (χ2v) is 3.84. The van der Waals surface area contributed by atoms with Crippen molar-refractivity contribution in [2.75, 3.05) is 0 Å². The van der Waals surface area contributed by atoms with Gasteiger partial charge in [0.25, 0.3) is 0 Å². The molecule has 1 N–H and O–H groups in total. The largest absolute Gasteiger partial charge is 0.273 e. The molecule has 3 nitrogen and oxygen atoms in total. The summed E-state index contributed by atoms with van der Waals surface area (Å²) in [5.41, 5.74) is 2.07.